The number of Topliss-reactive ketones (excluding diaryl/α,β-unsaturated/α-hetero) is 2. The van der Waals surface area contributed by atoms with Crippen molar-refractivity contribution in [2.75, 3.05) is 49.1 Å². The summed E-state index contributed by atoms with van der Waals surface area (Å²) in [6.45, 7) is 4.27. The van der Waals surface area contributed by atoms with Crippen LogP contribution in [0.25, 0.3) is 0 Å². The minimum Gasteiger partial charge on any atom is -0.445 e. The van der Waals surface area contributed by atoms with Gasteiger partial charge in [0.05, 0.1) is 31.5 Å². The van der Waals surface area contributed by atoms with Crippen molar-refractivity contribution >= 4 is 75.4 Å². The number of ketones is 2. The fourth-order valence-electron chi connectivity index (χ4n) is 6.18. The number of ether oxygens (including phenoxy) is 1. The molecule has 0 atom stereocenters. The molecule has 11 nitrogen and oxygen atoms in total. The lowest BCUT2D eigenvalue weighted by Gasteiger charge is -2.33. The maximum atomic E-state index is 12.5. The van der Waals surface area contributed by atoms with E-state index in [1.54, 1.807) is 24.8 Å². The molecule has 286 valence electrons. The zero-order valence-corrected chi connectivity index (χ0v) is 31.5. The first-order chi connectivity index (χ1) is 24.2. The summed E-state index contributed by atoms with van der Waals surface area (Å²) in [6.07, 6.45) is 11.5. The van der Waals surface area contributed by atoms with Gasteiger partial charge in [-0.1, -0.05) is 84.2 Å². The molecule has 4 heterocycles. The van der Waals surface area contributed by atoms with Crippen LogP contribution < -0.4 is 20.9 Å². The van der Waals surface area contributed by atoms with E-state index in [9.17, 15) is 14.4 Å². The topological polar surface area (TPSA) is 162 Å². The normalized spacial score (nSPS) is 14.6. The molecule has 15 heteroatoms. The molecular formula is C37H50Cl4N6O5. The summed E-state index contributed by atoms with van der Waals surface area (Å²) in [5, 5.41) is 4.87. The van der Waals surface area contributed by atoms with Gasteiger partial charge in [-0.2, -0.15) is 0 Å². The Morgan fingerprint density at radius 3 is 1.58 bits per heavy atom. The Kier molecular flexibility index (Phi) is 20.3. The SMILES string of the molecule is C.NCCCC(=O)C1CCN(c2c(Cl)cncc2Cl)CC1.O.O=C(NCCCC(=O)C1CCN(c2c(Cl)cncc2Cl)CC1)OCc1ccccc1. The third-order valence-corrected chi connectivity index (χ3v) is 10.0. The van der Waals surface area contributed by atoms with Crippen LogP contribution >= 0.6 is 46.4 Å². The molecular weight excluding hydrogens is 750 g/mol. The number of hydrogen-bond donors (Lipinski definition) is 2. The van der Waals surface area contributed by atoms with Crippen LogP contribution in [0.3, 0.4) is 0 Å². The fourth-order valence-corrected chi connectivity index (χ4v) is 7.38. The number of hydrogen-bond acceptors (Lipinski definition) is 9. The minimum absolute atomic E-state index is 0. The molecule has 3 aromatic rings. The van der Waals surface area contributed by atoms with Gasteiger partial charge in [0.2, 0.25) is 0 Å². The van der Waals surface area contributed by atoms with E-state index in [0.717, 1.165) is 75.2 Å². The number of anilines is 2. The zero-order valence-electron chi connectivity index (χ0n) is 28.5. The van der Waals surface area contributed by atoms with Crippen LogP contribution in [0.15, 0.2) is 55.1 Å². The van der Waals surface area contributed by atoms with Gasteiger partial charge in [-0.3, -0.25) is 19.6 Å². The maximum absolute atomic E-state index is 12.5. The van der Waals surface area contributed by atoms with E-state index in [4.69, 9.17) is 56.9 Å². The standard InChI is InChI=1S/C22H25Cl2N3O3.C14H19Cl2N3O.CH4.H2O/c23-18-13-25-14-19(24)21(18)27-11-8-17(9-12-27)20(28)7-4-10-26-22(29)30-15-16-5-2-1-3-6-16;15-11-8-18-9-12(16)14(11)19-6-3-10(4-7-19)13(20)2-1-5-17;;/h1-3,5-6,13-14,17H,4,7-12,15H2,(H,26,29);8-10H,1-7,17H2;1H4;1H2. The number of amides is 1. The highest BCUT2D eigenvalue weighted by atomic mass is 35.5. The van der Waals surface area contributed by atoms with Gasteiger partial charge in [0.25, 0.3) is 0 Å². The summed E-state index contributed by atoms with van der Waals surface area (Å²) in [5.74, 6) is 0.755. The minimum atomic E-state index is -0.467. The molecule has 52 heavy (non-hydrogen) atoms. The first-order valence-electron chi connectivity index (χ1n) is 17.0. The molecule has 0 aliphatic carbocycles. The second-order valence-electron chi connectivity index (χ2n) is 12.3. The number of alkyl carbamates (subject to hydrolysis) is 1. The van der Waals surface area contributed by atoms with Crippen molar-refractivity contribution in [3.63, 3.8) is 0 Å². The predicted octanol–water partition coefficient (Wildman–Crippen LogP) is 7.60. The number of aromatic nitrogens is 2. The van der Waals surface area contributed by atoms with Crippen molar-refractivity contribution in [2.45, 2.75) is 65.4 Å². The molecule has 2 saturated heterocycles. The second-order valence-corrected chi connectivity index (χ2v) is 14.0. The molecule has 0 saturated carbocycles. The summed E-state index contributed by atoms with van der Waals surface area (Å²) in [7, 11) is 0. The molecule has 2 aliphatic heterocycles. The molecule has 0 bridgehead atoms. The number of nitrogens with two attached hydrogens (primary N) is 1. The predicted molar refractivity (Wildman–Crippen MR) is 211 cm³/mol. The summed E-state index contributed by atoms with van der Waals surface area (Å²) < 4.78 is 5.16. The van der Waals surface area contributed by atoms with E-state index in [1.165, 1.54) is 0 Å². The Bertz CT molecular complexity index is 1510. The van der Waals surface area contributed by atoms with E-state index < -0.39 is 6.09 Å². The lowest BCUT2D eigenvalue weighted by Crippen LogP contribution is -2.37. The molecule has 5 N–H and O–H groups in total. The number of rotatable bonds is 13. The van der Waals surface area contributed by atoms with Crippen molar-refractivity contribution in [3.8, 4) is 0 Å². The Balaban J connectivity index is 0.000000373. The van der Waals surface area contributed by atoms with Crippen LogP contribution in [0, 0.1) is 11.8 Å². The zero-order chi connectivity index (χ0) is 35.9. The second kappa shape index (κ2) is 23.5. The number of carbonyl (C=O) groups is 3. The van der Waals surface area contributed by atoms with Crippen molar-refractivity contribution in [3.05, 3.63) is 80.8 Å². The van der Waals surface area contributed by atoms with Crippen LogP contribution in [-0.2, 0) is 20.9 Å². The van der Waals surface area contributed by atoms with Crippen molar-refractivity contribution in [2.24, 2.45) is 17.6 Å². The quantitative estimate of drug-likeness (QED) is 0.166. The smallest absolute Gasteiger partial charge is 0.407 e. The highest BCUT2D eigenvalue weighted by Crippen LogP contribution is 2.36. The highest BCUT2D eigenvalue weighted by molar-refractivity contribution is 6.39. The van der Waals surface area contributed by atoms with Crippen molar-refractivity contribution in [1.29, 1.82) is 0 Å². The molecule has 2 aromatic heterocycles. The third kappa shape index (κ3) is 13.7. The van der Waals surface area contributed by atoms with E-state index in [-0.39, 0.29) is 37.1 Å². The molecule has 1 amide bonds. The molecule has 0 spiro atoms. The first-order valence-corrected chi connectivity index (χ1v) is 18.5. The summed E-state index contributed by atoms with van der Waals surface area (Å²) in [4.78, 5) is 48.4. The number of nitrogens with zero attached hydrogens (tertiary/aromatic N) is 4. The van der Waals surface area contributed by atoms with Gasteiger partial charge >= 0.3 is 6.09 Å². The van der Waals surface area contributed by atoms with Gasteiger partial charge in [0.1, 0.15) is 18.2 Å². The average molecular weight is 801 g/mol. The van der Waals surface area contributed by atoms with Crippen LogP contribution in [0.2, 0.25) is 20.1 Å². The summed E-state index contributed by atoms with van der Waals surface area (Å²) in [5.41, 5.74) is 7.99. The number of carbonyl (C=O) groups excluding carboxylic acids is 3. The van der Waals surface area contributed by atoms with Crippen molar-refractivity contribution < 1.29 is 24.6 Å². The summed E-state index contributed by atoms with van der Waals surface area (Å²) >= 11 is 24.8. The maximum Gasteiger partial charge on any atom is 0.407 e. The van der Waals surface area contributed by atoms with Crippen LogP contribution in [0.4, 0.5) is 16.2 Å². The number of benzene rings is 1. The van der Waals surface area contributed by atoms with E-state index in [1.807, 2.05) is 30.3 Å². The molecule has 5 rings (SSSR count). The highest BCUT2D eigenvalue weighted by Gasteiger charge is 2.28. The van der Waals surface area contributed by atoms with E-state index in [2.05, 4.69) is 25.1 Å². The Hall–Kier alpha value is -3.19. The summed E-state index contributed by atoms with van der Waals surface area (Å²) in [6, 6.07) is 9.50. The molecule has 1 aromatic carbocycles. The largest absolute Gasteiger partial charge is 0.445 e. The van der Waals surface area contributed by atoms with E-state index >= 15 is 0 Å². The molecule has 2 fully saturated rings. The van der Waals surface area contributed by atoms with E-state index in [0.29, 0.717) is 58.2 Å². The van der Waals surface area contributed by atoms with Crippen LogP contribution in [0.1, 0.15) is 64.4 Å². The van der Waals surface area contributed by atoms with Gasteiger partial charge in [-0.05, 0) is 50.6 Å². The number of pyridine rings is 2. The lowest BCUT2D eigenvalue weighted by molar-refractivity contribution is -0.124. The monoisotopic (exact) mass is 798 g/mol. The van der Waals surface area contributed by atoms with Gasteiger partial charge in [-0.25, -0.2) is 4.79 Å². The van der Waals surface area contributed by atoms with Crippen molar-refractivity contribution in [1.82, 2.24) is 15.3 Å². The first kappa shape index (κ1) is 45.0. The van der Waals surface area contributed by atoms with Gasteiger partial charge in [0, 0.05) is 82.2 Å². The van der Waals surface area contributed by atoms with Gasteiger partial charge < -0.3 is 31.1 Å². The van der Waals surface area contributed by atoms with Crippen LogP contribution in [0.5, 0.6) is 0 Å². The average Bonchev–Trinajstić information content (AvgIpc) is 3.12. The Labute approximate surface area is 326 Å². The lowest BCUT2D eigenvalue weighted by atomic mass is 9.90. The Morgan fingerprint density at radius 1 is 0.731 bits per heavy atom. The molecule has 0 unspecified atom stereocenters. The van der Waals surface area contributed by atoms with Gasteiger partial charge in [-0.15, -0.1) is 0 Å². The van der Waals surface area contributed by atoms with Crippen LogP contribution in [-0.4, -0.2) is 72.4 Å². The molecule has 2 aliphatic rings. The molecule has 0 radical (unpaired) electrons. The van der Waals surface area contributed by atoms with Gasteiger partial charge in [0.15, 0.2) is 0 Å². The Morgan fingerprint density at radius 2 is 1.15 bits per heavy atom. The fraction of sp³-hybridized carbons (Fsp3) is 0.486. The number of nitrogens with one attached hydrogen (secondary N) is 1. The number of piperidine rings is 2. The third-order valence-electron chi connectivity index (χ3n) is 8.90. The number of halogens is 4.